The third-order valence-electron chi connectivity index (χ3n) is 27.8. The number of carbonyl (C=O) groups is 4. The fourth-order valence-corrected chi connectivity index (χ4v) is 30.4. The zero-order chi connectivity index (χ0) is 48.7. The van der Waals surface area contributed by atoms with E-state index in [9.17, 15) is 9.59 Å². The van der Waals surface area contributed by atoms with E-state index in [1.54, 1.807) is 0 Å². The van der Waals surface area contributed by atoms with Crippen molar-refractivity contribution in [3.63, 3.8) is 0 Å². The van der Waals surface area contributed by atoms with Gasteiger partial charge in [-0.05, 0) is 290 Å². The predicted octanol–water partition coefficient (Wildman–Crippen LogP) is 11.6. The Kier molecular flexibility index (Phi) is 7.54. The minimum Gasteiger partial charge on any atom is -0.461 e. The summed E-state index contributed by atoms with van der Waals surface area (Å²) in [6.45, 7) is 22.2. The minimum atomic E-state index is -2.09. The van der Waals surface area contributed by atoms with Gasteiger partial charge in [0.15, 0.2) is 5.41 Å². The van der Waals surface area contributed by atoms with E-state index in [0.29, 0.717) is 45.8 Å². The average Bonchev–Trinajstić information content (AvgIpc) is 3.21. The normalized spacial score (nSPS) is 58.4. The Balaban J connectivity index is 0.764. The van der Waals surface area contributed by atoms with E-state index < -0.39 is 46.1 Å². The SMILES string of the molecule is C=C(CC(CC(=C)C(=O)OC(C)(C)C)(C(=O)OC1CC2C3C4CC5CC3(C)C3C6(C5)CC5CC(C46)C2C3(C5)C1)C(=O)OC12CC3C4C5CC6CC78CC9CC(C57)C3C(C9)(C1)C8C4(C6)C2)C(=O)OC(C)(C)C. The highest BCUT2D eigenvalue weighted by Crippen LogP contribution is 2.97. The topological polar surface area (TPSA) is 105 Å². The Hall–Kier alpha value is -2.64. The number of rotatable bonds is 10. The molecule has 0 N–H and O–H groups in total. The van der Waals surface area contributed by atoms with Gasteiger partial charge in [0.1, 0.15) is 22.9 Å². The van der Waals surface area contributed by atoms with E-state index in [2.05, 4.69) is 20.1 Å². The number of hydrogen-bond donors (Lipinski definition) is 0. The molecule has 5 spiro atoms. The summed E-state index contributed by atoms with van der Waals surface area (Å²) in [5, 5.41) is 0. The number of hydrogen-bond acceptors (Lipinski definition) is 8. The lowest BCUT2D eigenvalue weighted by Gasteiger charge is -2.94. The van der Waals surface area contributed by atoms with Gasteiger partial charge in [0.05, 0.1) is 0 Å². The largest absolute Gasteiger partial charge is 0.461 e. The highest BCUT2D eigenvalue weighted by atomic mass is 16.6. The maximum absolute atomic E-state index is 16.5. The van der Waals surface area contributed by atoms with Crippen LogP contribution in [0.2, 0.25) is 0 Å². The van der Waals surface area contributed by atoms with Crippen molar-refractivity contribution in [3.05, 3.63) is 24.3 Å². The predicted molar refractivity (Wildman–Crippen MR) is 262 cm³/mol. The lowest BCUT2D eigenvalue weighted by atomic mass is 9.10. The standard InChI is InChI=1S/C63H82O8/c1-29(48(64)69-54(3,4)5)15-61(16-30(2)49(65)70-55(6,7)8,52(66)68-35-14-40-42-36-10-31-17-56(42,9)50-58(18-31)19-32-11-37(43(36)58)45(40)60(50,22-32)25-35)53(67)71-57-26-41-46-38-12-33-20-59-21-34-13-39(44(38)59)47(41)63(24-34,28-57)51(59)62(46,23-33)27-57/h31-47,50-51H,1-2,10-28H2,3-9H3. The summed E-state index contributed by atoms with van der Waals surface area (Å²) in [4.78, 5) is 61.2. The van der Waals surface area contributed by atoms with Crippen molar-refractivity contribution < 1.29 is 38.1 Å². The van der Waals surface area contributed by atoms with Crippen LogP contribution in [0.4, 0.5) is 0 Å². The molecule has 8 nitrogen and oxygen atoms in total. The van der Waals surface area contributed by atoms with Crippen LogP contribution in [-0.4, -0.2) is 46.8 Å². The maximum Gasteiger partial charge on any atom is 0.333 e. The first-order valence-corrected chi connectivity index (χ1v) is 29.7. The molecular weight excluding hydrogens is 885 g/mol. The average molecular weight is 967 g/mol. The van der Waals surface area contributed by atoms with Gasteiger partial charge in [-0.15, -0.1) is 0 Å². The third kappa shape index (κ3) is 4.67. The minimum absolute atomic E-state index is 0.0109. The lowest BCUT2D eigenvalue weighted by molar-refractivity contribution is -0.472. The molecule has 0 saturated heterocycles. The molecule has 0 aliphatic heterocycles. The molecule has 0 heterocycles. The second-order valence-electron chi connectivity index (χ2n) is 33.0. The summed E-state index contributed by atoms with van der Waals surface area (Å²) in [6, 6.07) is 0. The molecule has 21 unspecified atom stereocenters. The Morgan fingerprint density at radius 1 is 0.479 bits per heavy atom. The summed E-state index contributed by atoms with van der Waals surface area (Å²) < 4.78 is 26.6. The van der Waals surface area contributed by atoms with Crippen LogP contribution in [0, 0.1) is 144 Å². The van der Waals surface area contributed by atoms with Crippen molar-refractivity contribution in [2.45, 2.75) is 193 Å². The first-order chi connectivity index (χ1) is 33.4. The Morgan fingerprint density at radius 2 is 0.887 bits per heavy atom. The fourth-order valence-electron chi connectivity index (χ4n) is 30.4. The molecular formula is C63H82O8. The van der Waals surface area contributed by atoms with Crippen LogP contribution in [0.15, 0.2) is 24.3 Å². The molecule has 25 bridgehead atoms. The van der Waals surface area contributed by atoms with E-state index in [-0.39, 0.29) is 46.3 Å². The molecule has 24 aliphatic rings. The van der Waals surface area contributed by atoms with Crippen LogP contribution in [-0.2, 0) is 38.1 Å². The van der Waals surface area contributed by atoms with Crippen molar-refractivity contribution in [2.75, 3.05) is 0 Å². The molecule has 71 heavy (non-hydrogen) atoms. The molecule has 0 aromatic rings. The molecule has 24 rings (SSSR count). The molecule has 0 aromatic heterocycles. The molecule has 21 atom stereocenters. The van der Waals surface area contributed by atoms with Gasteiger partial charge in [0, 0.05) is 24.0 Å². The van der Waals surface area contributed by atoms with E-state index in [1.807, 2.05) is 41.5 Å². The van der Waals surface area contributed by atoms with Gasteiger partial charge in [-0.25, -0.2) is 9.59 Å². The number of esters is 4. The van der Waals surface area contributed by atoms with Crippen LogP contribution in [0.25, 0.3) is 0 Å². The zero-order valence-corrected chi connectivity index (χ0v) is 44.1. The quantitative estimate of drug-likeness (QED) is 0.0923. The Bertz CT molecular complexity index is 2510. The van der Waals surface area contributed by atoms with Gasteiger partial charge >= 0.3 is 23.9 Å². The Labute approximate surface area is 422 Å². The monoisotopic (exact) mass is 967 g/mol. The van der Waals surface area contributed by atoms with E-state index >= 15 is 9.59 Å². The first kappa shape index (κ1) is 43.6. The van der Waals surface area contributed by atoms with Crippen molar-refractivity contribution in [3.8, 4) is 0 Å². The van der Waals surface area contributed by atoms with E-state index in [4.69, 9.17) is 18.9 Å². The van der Waals surface area contributed by atoms with E-state index in [0.717, 1.165) is 109 Å². The zero-order valence-electron chi connectivity index (χ0n) is 44.1. The Morgan fingerprint density at radius 3 is 1.38 bits per heavy atom. The smallest absolute Gasteiger partial charge is 0.333 e. The molecule has 24 saturated carbocycles. The molecule has 24 aliphatic carbocycles. The van der Waals surface area contributed by atoms with Gasteiger partial charge in [0.25, 0.3) is 0 Å². The van der Waals surface area contributed by atoms with Crippen LogP contribution in [0.5, 0.6) is 0 Å². The third-order valence-corrected chi connectivity index (χ3v) is 27.8. The highest BCUT2D eigenvalue weighted by molar-refractivity contribution is 6.04. The van der Waals surface area contributed by atoms with Crippen LogP contribution in [0.1, 0.15) is 170 Å². The van der Waals surface area contributed by atoms with Crippen molar-refractivity contribution in [2.24, 2.45) is 144 Å². The van der Waals surface area contributed by atoms with Gasteiger partial charge < -0.3 is 18.9 Å². The summed E-state index contributed by atoms with van der Waals surface area (Å²) in [7, 11) is 0. The molecule has 8 heteroatoms. The first-order valence-electron chi connectivity index (χ1n) is 29.7. The highest BCUT2D eigenvalue weighted by Gasteiger charge is 2.92. The van der Waals surface area contributed by atoms with Crippen molar-refractivity contribution in [1.82, 2.24) is 0 Å². The van der Waals surface area contributed by atoms with Gasteiger partial charge in [-0.1, -0.05) is 20.1 Å². The van der Waals surface area contributed by atoms with E-state index in [1.165, 1.54) is 77.0 Å². The number of carbonyl (C=O) groups excluding carboxylic acids is 4. The molecule has 382 valence electrons. The van der Waals surface area contributed by atoms with Crippen LogP contribution < -0.4 is 0 Å². The van der Waals surface area contributed by atoms with Gasteiger partial charge in [-0.2, -0.15) is 0 Å². The van der Waals surface area contributed by atoms with Gasteiger partial charge in [0.2, 0.25) is 0 Å². The molecule has 0 aromatic carbocycles. The second kappa shape index (κ2) is 12.3. The summed E-state index contributed by atoms with van der Waals surface area (Å²) >= 11 is 0. The summed E-state index contributed by atoms with van der Waals surface area (Å²) in [5.41, 5.74) is -2.58. The number of ether oxygens (including phenoxy) is 4. The second-order valence-corrected chi connectivity index (χ2v) is 33.0. The molecule has 0 amide bonds. The van der Waals surface area contributed by atoms with Crippen LogP contribution >= 0.6 is 0 Å². The molecule has 24 fully saturated rings. The van der Waals surface area contributed by atoms with Crippen LogP contribution in [0.3, 0.4) is 0 Å². The summed E-state index contributed by atoms with van der Waals surface area (Å²) in [6.07, 6.45) is 19.9. The van der Waals surface area contributed by atoms with Crippen molar-refractivity contribution >= 4 is 23.9 Å². The summed E-state index contributed by atoms with van der Waals surface area (Å²) in [5.74, 6) is 11.0. The fraction of sp³-hybridized carbons (Fsp3) is 0.873. The van der Waals surface area contributed by atoms with Gasteiger partial charge in [-0.3, -0.25) is 9.59 Å². The van der Waals surface area contributed by atoms with Crippen molar-refractivity contribution in [1.29, 1.82) is 0 Å². The lowest BCUT2D eigenvalue weighted by Crippen LogP contribution is -2.90. The molecule has 0 radical (unpaired) electrons. The maximum atomic E-state index is 16.5.